The summed E-state index contributed by atoms with van der Waals surface area (Å²) >= 11 is 2.23. The minimum absolute atomic E-state index is 0.359. The lowest BCUT2D eigenvalue weighted by molar-refractivity contribution is 0.111. The van der Waals surface area contributed by atoms with Gasteiger partial charge in [-0.1, -0.05) is 15.9 Å². The molecule has 0 atom stereocenters. The fourth-order valence-electron chi connectivity index (χ4n) is 2.36. The first kappa shape index (κ1) is 18.6. The Hall–Kier alpha value is -0.470. The van der Waals surface area contributed by atoms with Crippen molar-refractivity contribution in [2.45, 2.75) is 26.9 Å². The van der Waals surface area contributed by atoms with Gasteiger partial charge in [0.05, 0.1) is 25.9 Å². The minimum atomic E-state index is 0.359. The van der Waals surface area contributed by atoms with Gasteiger partial charge in [0.25, 0.3) is 0 Å². The zero-order valence-electron chi connectivity index (χ0n) is 12.8. The molecule has 118 valence electrons. The Morgan fingerprint density at radius 1 is 1.24 bits per heavy atom. The number of hydrogen-bond donors (Lipinski definition) is 0. The highest BCUT2D eigenvalue weighted by molar-refractivity contribution is 14.2. The van der Waals surface area contributed by atoms with E-state index in [0.717, 1.165) is 40.9 Å². The van der Waals surface area contributed by atoms with E-state index in [1.807, 2.05) is 13.8 Å². The summed E-state index contributed by atoms with van der Waals surface area (Å²) in [5.74, 6) is 2.28. The molecule has 4 nitrogen and oxygen atoms in total. The zero-order chi connectivity index (χ0) is 15.8. The first-order valence-electron chi connectivity index (χ1n) is 6.68. The third kappa shape index (κ3) is 4.26. The lowest BCUT2D eigenvalue weighted by atomic mass is 9.95. The van der Waals surface area contributed by atoms with Crippen LogP contribution in [0, 0.1) is 6.92 Å². The molecule has 0 fully saturated rings. The molecule has 6 heteroatoms. The molecule has 1 aromatic rings. The molecular weight excluding hydrogens is 403 g/mol. The Labute approximate surface area is 142 Å². The van der Waals surface area contributed by atoms with Crippen molar-refractivity contribution in [3.8, 4) is 11.5 Å². The summed E-state index contributed by atoms with van der Waals surface area (Å²) in [6.07, 6.45) is 1.59. The number of benzene rings is 1. The topological polar surface area (TPSA) is 44.8 Å². The first-order valence-corrected chi connectivity index (χ1v) is 10.2. The molecule has 1 aromatic carbocycles. The van der Waals surface area contributed by atoms with Gasteiger partial charge in [-0.25, -0.2) is 0 Å². The maximum Gasteiger partial charge on any atom is 0.154 e. The largest absolute Gasteiger partial charge is 0.496 e. The summed E-state index contributed by atoms with van der Waals surface area (Å²) in [5.41, 5.74) is 3.29. The predicted octanol–water partition coefficient (Wildman–Crippen LogP) is 3.99. The number of methoxy groups -OCH3 is 2. The molecule has 0 amide bonds. The van der Waals surface area contributed by atoms with E-state index in [-0.39, 0.29) is 0 Å². The molecule has 0 aliphatic carbocycles. The number of hydrogen-bond acceptors (Lipinski definition) is 5. The van der Waals surface area contributed by atoms with Gasteiger partial charge in [-0.05, 0) is 45.7 Å². The van der Waals surface area contributed by atoms with Crippen LogP contribution in [0.5, 0.6) is 11.5 Å². The molecule has 0 spiro atoms. The van der Waals surface area contributed by atoms with Gasteiger partial charge in [0.2, 0.25) is 0 Å². The molecule has 0 heterocycles. The highest BCUT2D eigenvalue weighted by Crippen LogP contribution is 2.39. The van der Waals surface area contributed by atoms with E-state index in [9.17, 15) is 4.79 Å². The normalized spacial score (nSPS) is 10.5. The number of halogens is 1. The fraction of sp³-hybridized carbons (Fsp3) is 0.533. The summed E-state index contributed by atoms with van der Waals surface area (Å²) in [6, 6.07) is 0. The van der Waals surface area contributed by atoms with E-state index >= 15 is 0 Å². The number of carbonyl (C=O) groups excluding carboxylic acids is 1. The molecule has 0 aliphatic heterocycles. The quantitative estimate of drug-likeness (QED) is 0.341. The van der Waals surface area contributed by atoms with E-state index in [2.05, 4.69) is 21.2 Å². The van der Waals surface area contributed by atoms with E-state index in [0.29, 0.717) is 24.5 Å². The Kier molecular flexibility index (Phi) is 8.43. The van der Waals surface area contributed by atoms with Crippen molar-refractivity contribution in [3.63, 3.8) is 0 Å². The van der Waals surface area contributed by atoms with Crippen LogP contribution in [0.4, 0.5) is 0 Å². The second kappa shape index (κ2) is 9.53. The van der Waals surface area contributed by atoms with Gasteiger partial charge in [0, 0.05) is 18.4 Å². The Morgan fingerprint density at radius 3 is 2.43 bits per heavy atom. The van der Waals surface area contributed by atoms with Crippen molar-refractivity contribution in [1.82, 2.24) is 0 Å². The van der Waals surface area contributed by atoms with E-state index in [1.54, 1.807) is 23.2 Å². The second-order valence-electron chi connectivity index (χ2n) is 4.42. The monoisotopic (exact) mass is 424 g/mol. The van der Waals surface area contributed by atoms with Gasteiger partial charge in [-0.15, -0.1) is 0 Å². The molecule has 0 bridgehead atoms. The smallest absolute Gasteiger partial charge is 0.154 e. The maximum atomic E-state index is 11.6. The van der Waals surface area contributed by atoms with Crippen molar-refractivity contribution in [3.05, 3.63) is 22.3 Å². The second-order valence-corrected chi connectivity index (χ2v) is 6.92. The summed E-state index contributed by atoms with van der Waals surface area (Å²) < 4.78 is 16.7. The average molecular weight is 424 g/mol. The Morgan fingerprint density at radius 2 is 1.95 bits per heavy atom. The molecule has 21 heavy (non-hydrogen) atoms. The highest BCUT2D eigenvalue weighted by atomic mass is 127. The summed E-state index contributed by atoms with van der Waals surface area (Å²) in [4.78, 5) is 11.6. The predicted molar refractivity (Wildman–Crippen MR) is 95.2 cm³/mol. The summed E-state index contributed by atoms with van der Waals surface area (Å²) in [5, 5.41) is 0. The van der Waals surface area contributed by atoms with Gasteiger partial charge in [-0.2, -0.15) is 0 Å². The molecule has 0 saturated carbocycles. The Bertz CT molecular complexity index is 491. The molecular formula is C15H21IO4S. The molecule has 0 aromatic heterocycles. The highest BCUT2D eigenvalue weighted by Gasteiger charge is 2.22. The van der Waals surface area contributed by atoms with Gasteiger partial charge in [0.15, 0.2) is 6.29 Å². The third-order valence-corrected chi connectivity index (χ3v) is 4.92. The van der Waals surface area contributed by atoms with Crippen LogP contribution >= 0.6 is 30.1 Å². The number of aldehydes is 1. The third-order valence-electron chi connectivity index (χ3n) is 3.28. The molecule has 0 N–H and O–H groups in total. The van der Waals surface area contributed by atoms with Crippen molar-refractivity contribution >= 4 is 36.4 Å². The van der Waals surface area contributed by atoms with Crippen LogP contribution in [0.2, 0.25) is 0 Å². The van der Waals surface area contributed by atoms with Crippen LogP contribution in [0.15, 0.2) is 0 Å². The van der Waals surface area contributed by atoms with Gasteiger partial charge in [-0.3, -0.25) is 4.79 Å². The summed E-state index contributed by atoms with van der Waals surface area (Å²) in [6.45, 7) is 4.89. The van der Waals surface area contributed by atoms with Crippen LogP contribution < -0.4 is 9.47 Å². The SMILES string of the molecule is CCc1c(OC)c(C)c(COC)c(C=O)c1OCCSI. The van der Waals surface area contributed by atoms with Crippen molar-refractivity contribution in [2.24, 2.45) is 0 Å². The van der Waals surface area contributed by atoms with Gasteiger partial charge in [0.1, 0.15) is 11.5 Å². The fourth-order valence-corrected chi connectivity index (χ4v) is 3.05. The lowest BCUT2D eigenvalue weighted by Gasteiger charge is -2.21. The van der Waals surface area contributed by atoms with Crippen LogP contribution in [-0.4, -0.2) is 32.9 Å². The van der Waals surface area contributed by atoms with E-state index in [4.69, 9.17) is 14.2 Å². The standard InChI is InChI=1S/C15H21IO4S/c1-5-11-14(19-4)10(2)13(9-18-3)12(8-17)15(11)20-6-7-21-16/h8H,5-7,9H2,1-4H3. The number of rotatable bonds is 9. The number of ether oxygens (including phenoxy) is 3. The van der Waals surface area contributed by atoms with Gasteiger partial charge >= 0.3 is 0 Å². The molecule has 0 unspecified atom stereocenters. The van der Waals surface area contributed by atoms with Crippen molar-refractivity contribution in [1.29, 1.82) is 0 Å². The molecule has 0 aliphatic rings. The van der Waals surface area contributed by atoms with E-state index in [1.165, 1.54) is 0 Å². The van der Waals surface area contributed by atoms with Crippen LogP contribution in [0.25, 0.3) is 0 Å². The van der Waals surface area contributed by atoms with Gasteiger partial charge < -0.3 is 14.2 Å². The molecule has 0 saturated heterocycles. The van der Waals surface area contributed by atoms with Crippen molar-refractivity contribution in [2.75, 3.05) is 26.6 Å². The Balaban J connectivity index is 3.46. The maximum absolute atomic E-state index is 11.6. The lowest BCUT2D eigenvalue weighted by Crippen LogP contribution is -2.11. The zero-order valence-corrected chi connectivity index (χ0v) is 15.8. The van der Waals surface area contributed by atoms with E-state index < -0.39 is 0 Å². The molecule has 0 radical (unpaired) electrons. The average Bonchev–Trinajstić information content (AvgIpc) is 2.50. The van der Waals surface area contributed by atoms with Crippen LogP contribution in [0.3, 0.4) is 0 Å². The minimum Gasteiger partial charge on any atom is -0.496 e. The van der Waals surface area contributed by atoms with Crippen LogP contribution in [-0.2, 0) is 17.8 Å². The first-order chi connectivity index (χ1) is 10.2. The van der Waals surface area contributed by atoms with Crippen molar-refractivity contribution < 1.29 is 19.0 Å². The number of carbonyl (C=O) groups is 1. The van der Waals surface area contributed by atoms with Crippen LogP contribution in [0.1, 0.15) is 34.0 Å². The molecule has 1 rings (SSSR count). The summed E-state index contributed by atoms with van der Waals surface area (Å²) in [7, 11) is 4.93.